The molecule has 1 aromatic heterocycles. The molecule has 17 heavy (non-hydrogen) atoms. The lowest BCUT2D eigenvalue weighted by atomic mass is 10.3. The third kappa shape index (κ3) is 2.36. The molecule has 0 spiro atoms. The lowest BCUT2D eigenvalue weighted by Crippen LogP contribution is -2.46. The SMILES string of the molecule is CC1SCC(C(=O)O)N1C(=O)Nc1cn[nH]c1. The molecule has 1 fully saturated rings. The molecule has 8 heteroatoms. The summed E-state index contributed by atoms with van der Waals surface area (Å²) in [6.07, 6.45) is 2.99. The van der Waals surface area contributed by atoms with Gasteiger partial charge in [-0.1, -0.05) is 0 Å². The van der Waals surface area contributed by atoms with Gasteiger partial charge in [-0.25, -0.2) is 9.59 Å². The molecule has 2 atom stereocenters. The minimum absolute atomic E-state index is 0.150. The van der Waals surface area contributed by atoms with E-state index in [-0.39, 0.29) is 5.37 Å². The predicted molar refractivity (Wildman–Crippen MR) is 62.8 cm³/mol. The monoisotopic (exact) mass is 256 g/mol. The summed E-state index contributed by atoms with van der Waals surface area (Å²) in [6.45, 7) is 1.81. The summed E-state index contributed by atoms with van der Waals surface area (Å²) in [5.74, 6) is -0.570. The van der Waals surface area contributed by atoms with Crippen molar-refractivity contribution in [3.63, 3.8) is 0 Å². The first-order valence-electron chi connectivity index (χ1n) is 5.02. The quantitative estimate of drug-likeness (QED) is 0.726. The van der Waals surface area contributed by atoms with Crippen LogP contribution in [0.4, 0.5) is 10.5 Å². The number of hydrogen-bond acceptors (Lipinski definition) is 4. The van der Waals surface area contributed by atoms with Gasteiger partial charge in [-0.15, -0.1) is 11.8 Å². The van der Waals surface area contributed by atoms with Gasteiger partial charge in [0.1, 0.15) is 6.04 Å². The summed E-state index contributed by atoms with van der Waals surface area (Å²) >= 11 is 1.44. The fourth-order valence-electron chi connectivity index (χ4n) is 1.65. The van der Waals surface area contributed by atoms with Gasteiger partial charge >= 0.3 is 12.0 Å². The highest BCUT2D eigenvalue weighted by molar-refractivity contribution is 8.00. The van der Waals surface area contributed by atoms with Crippen molar-refractivity contribution < 1.29 is 14.7 Å². The molecule has 2 rings (SSSR count). The number of carboxylic acid groups (broad SMARTS) is 1. The summed E-state index contributed by atoms with van der Waals surface area (Å²) < 4.78 is 0. The molecular weight excluding hydrogens is 244 g/mol. The third-order valence-corrected chi connectivity index (χ3v) is 3.71. The van der Waals surface area contributed by atoms with Gasteiger partial charge in [0.2, 0.25) is 0 Å². The average molecular weight is 256 g/mol. The molecule has 3 N–H and O–H groups in total. The van der Waals surface area contributed by atoms with Crippen LogP contribution < -0.4 is 5.32 Å². The van der Waals surface area contributed by atoms with E-state index in [2.05, 4.69) is 15.5 Å². The molecule has 2 amide bonds. The Bertz CT molecular complexity index is 422. The number of carbonyl (C=O) groups is 2. The smallest absolute Gasteiger partial charge is 0.327 e. The van der Waals surface area contributed by atoms with E-state index >= 15 is 0 Å². The Kier molecular flexibility index (Phi) is 3.23. The van der Waals surface area contributed by atoms with Crippen LogP contribution in [0.25, 0.3) is 0 Å². The molecule has 2 heterocycles. The number of aromatic nitrogens is 2. The zero-order valence-corrected chi connectivity index (χ0v) is 9.90. The second kappa shape index (κ2) is 4.66. The number of urea groups is 1. The minimum Gasteiger partial charge on any atom is -0.480 e. The maximum Gasteiger partial charge on any atom is 0.327 e. The van der Waals surface area contributed by atoms with Crippen molar-refractivity contribution in [2.24, 2.45) is 0 Å². The van der Waals surface area contributed by atoms with E-state index in [0.717, 1.165) is 0 Å². The third-order valence-electron chi connectivity index (χ3n) is 2.49. The molecule has 7 nitrogen and oxygen atoms in total. The normalized spacial score (nSPS) is 23.7. The average Bonchev–Trinajstić information content (AvgIpc) is 2.86. The van der Waals surface area contributed by atoms with Gasteiger partial charge in [-0.3, -0.25) is 10.00 Å². The van der Waals surface area contributed by atoms with E-state index in [0.29, 0.717) is 11.4 Å². The van der Waals surface area contributed by atoms with E-state index < -0.39 is 18.0 Å². The first-order chi connectivity index (χ1) is 8.09. The summed E-state index contributed by atoms with van der Waals surface area (Å²) in [6, 6.07) is -1.20. The number of anilines is 1. The Morgan fingerprint density at radius 3 is 3.06 bits per heavy atom. The molecule has 2 unspecified atom stereocenters. The second-order valence-electron chi connectivity index (χ2n) is 3.61. The van der Waals surface area contributed by atoms with Gasteiger partial charge in [-0.2, -0.15) is 5.10 Å². The van der Waals surface area contributed by atoms with Crippen molar-refractivity contribution in [1.29, 1.82) is 0 Å². The fourth-order valence-corrected chi connectivity index (χ4v) is 2.82. The summed E-state index contributed by atoms with van der Waals surface area (Å²) in [7, 11) is 0. The van der Waals surface area contributed by atoms with Gasteiger partial charge in [0.25, 0.3) is 0 Å². The van der Waals surface area contributed by atoms with Crippen molar-refractivity contribution in [1.82, 2.24) is 15.1 Å². The molecule has 1 saturated heterocycles. The molecule has 0 saturated carbocycles. The molecular formula is C9H12N4O3S. The minimum atomic E-state index is -0.982. The number of rotatable bonds is 2. The van der Waals surface area contributed by atoms with Crippen LogP contribution >= 0.6 is 11.8 Å². The van der Waals surface area contributed by atoms with Crippen LogP contribution in [0.15, 0.2) is 12.4 Å². The number of aromatic amines is 1. The zero-order chi connectivity index (χ0) is 12.4. The molecule has 1 aromatic rings. The van der Waals surface area contributed by atoms with Crippen LogP contribution in [0.1, 0.15) is 6.92 Å². The van der Waals surface area contributed by atoms with Gasteiger partial charge in [0.15, 0.2) is 0 Å². The zero-order valence-electron chi connectivity index (χ0n) is 9.08. The number of carbonyl (C=O) groups excluding carboxylic acids is 1. The van der Waals surface area contributed by atoms with Crippen LogP contribution in [0.2, 0.25) is 0 Å². The van der Waals surface area contributed by atoms with Crippen LogP contribution in [-0.2, 0) is 4.79 Å². The molecule has 0 bridgehead atoms. The fraction of sp³-hybridized carbons (Fsp3) is 0.444. The lowest BCUT2D eigenvalue weighted by Gasteiger charge is -2.24. The van der Waals surface area contributed by atoms with Crippen LogP contribution in [0.5, 0.6) is 0 Å². The van der Waals surface area contributed by atoms with E-state index in [1.165, 1.54) is 29.1 Å². The Morgan fingerprint density at radius 2 is 2.47 bits per heavy atom. The number of hydrogen-bond donors (Lipinski definition) is 3. The molecule has 0 aromatic carbocycles. The number of aliphatic carboxylic acids is 1. The first kappa shape index (κ1) is 11.8. The van der Waals surface area contributed by atoms with Crippen LogP contribution in [0, 0.1) is 0 Å². The number of nitrogens with one attached hydrogen (secondary N) is 2. The van der Waals surface area contributed by atoms with Crippen molar-refractivity contribution in [2.45, 2.75) is 18.3 Å². The van der Waals surface area contributed by atoms with Crippen molar-refractivity contribution >= 4 is 29.4 Å². The summed E-state index contributed by atoms with van der Waals surface area (Å²) in [5.41, 5.74) is 0.517. The summed E-state index contributed by atoms with van der Waals surface area (Å²) in [5, 5.41) is 17.7. The highest BCUT2D eigenvalue weighted by Gasteiger charge is 2.39. The summed E-state index contributed by atoms with van der Waals surface area (Å²) in [4.78, 5) is 24.3. The van der Waals surface area contributed by atoms with Gasteiger partial charge in [-0.05, 0) is 6.92 Å². The Hall–Kier alpha value is -1.70. The topological polar surface area (TPSA) is 98.3 Å². The van der Waals surface area contributed by atoms with Gasteiger partial charge in [0, 0.05) is 11.9 Å². The number of amides is 2. The first-order valence-corrected chi connectivity index (χ1v) is 6.07. The number of nitrogens with zero attached hydrogens (tertiary/aromatic N) is 2. The Balaban J connectivity index is 2.09. The maximum absolute atomic E-state index is 11.9. The number of thioether (sulfide) groups is 1. The Labute approximate surface area is 102 Å². The van der Waals surface area contributed by atoms with Crippen molar-refractivity contribution in [3.8, 4) is 0 Å². The van der Waals surface area contributed by atoms with E-state index in [1.807, 2.05) is 6.92 Å². The van der Waals surface area contributed by atoms with Gasteiger partial charge < -0.3 is 10.4 Å². The predicted octanol–water partition coefficient (Wildman–Crippen LogP) is 0.790. The van der Waals surface area contributed by atoms with E-state index in [1.54, 1.807) is 0 Å². The second-order valence-corrected chi connectivity index (χ2v) is 4.96. The van der Waals surface area contributed by atoms with Crippen LogP contribution in [0.3, 0.4) is 0 Å². The maximum atomic E-state index is 11.9. The highest BCUT2D eigenvalue weighted by atomic mass is 32.2. The van der Waals surface area contributed by atoms with Crippen LogP contribution in [-0.4, -0.2) is 49.4 Å². The van der Waals surface area contributed by atoms with E-state index in [9.17, 15) is 9.59 Å². The standard InChI is InChI=1S/C9H12N4O3S/c1-5-13(7(4-17-5)8(14)15)9(16)12-6-2-10-11-3-6/h2-3,5,7H,4H2,1H3,(H,10,11)(H,12,16)(H,14,15). The molecule has 0 radical (unpaired) electrons. The lowest BCUT2D eigenvalue weighted by molar-refractivity contribution is -0.141. The number of carboxylic acids is 1. The molecule has 1 aliphatic heterocycles. The van der Waals surface area contributed by atoms with E-state index in [4.69, 9.17) is 5.11 Å². The molecule has 0 aliphatic carbocycles. The van der Waals surface area contributed by atoms with Crippen molar-refractivity contribution in [3.05, 3.63) is 12.4 Å². The Morgan fingerprint density at radius 1 is 1.71 bits per heavy atom. The molecule has 92 valence electrons. The van der Waals surface area contributed by atoms with Gasteiger partial charge in [0.05, 0.1) is 17.3 Å². The van der Waals surface area contributed by atoms with Crippen molar-refractivity contribution in [2.75, 3.05) is 11.1 Å². The largest absolute Gasteiger partial charge is 0.480 e. The highest BCUT2D eigenvalue weighted by Crippen LogP contribution is 2.29. The molecule has 1 aliphatic rings. The number of H-pyrrole nitrogens is 1.